The van der Waals surface area contributed by atoms with Crippen LogP contribution in [0.1, 0.15) is 29.9 Å². The Labute approximate surface area is 130 Å². The van der Waals surface area contributed by atoms with Gasteiger partial charge in [-0.05, 0) is 53.0 Å². The smallest absolute Gasteiger partial charge is 0.134 e. The summed E-state index contributed by atoms with van der Waals surface area (Å²) in [6, 6.07) is 8.51. The zero-order valence-corrected chi connectivity index (χ0v) is 13.8. The molecule has 0 saturated heterocycles. The van der Waals surface area contributed by atoms with Gasteiger partial charge in [-0.15, -0.1) is 0 Å². The first-order chi connectivity index (χ1) is 9.69. The van der Waals surface area contributed by atoms with E-state index < -0.39 is 0 Å². The van der Waals surface area contributed by atoms with E-state index in [4.69, 9.17) is 4.42 Å². The zero-order chi connectivity index (χ0) is 14.1. The van der Waals surface area contributed by atoms with Gasteiger partial charge in [-0.1, -0.05) is 18.6 Å². The van der Waals surface area contributed by atoms with Crippen molar-refractivity contribution in [3.05, 3.63) is 56.4 Å². The maximum absolute atomic E-state index is 6.04. The molecule has 1 unspecified atom stereocenters. The number of nitrogens with one attached hydrogen (secondary N) is 1. The Morgan fingerprint density at radius 1 is 1.30 bits per heavy atom. The highest BCUT2D eigenvalue weighted by atomic mass is 79.9. The second kappa shape index (κ2) is 5.72. The molecule has 1 atom stereocenters. The molecule has 1 N–H and O–H groups in total. The first-order valence-electron chi connectivity index (χ1n) is 6.64. The van der Waals surface area contributed by atoms with Gasteiger partial charge in [0.2, 0.25) is 0 Å². The normalized spacial score (nSPS) is 12.9. The first kappa shape index (κ1) is 13.9. The summed E-state index contributed by atoms with van der Waals surface area (Å²) in [6.45, 7) is 5.10. The summed E-state index contributed by atoms with van der Waals surface area (Å²) in [6.07, 6.45) is 0. The molecule has 0 spiro atoms. The summed E-state index contributed by atoms with van der Waals surface area (Å²) >= 11 is 5.31. The molecule has 0 saturated carbocycles. The van der Waals surface area contributed by atoms with Crippen LogP contribution in [-0.2, 0) is 0 Å². The van der Waals surface area contributed by atoms with E-state index in [9.17, 15) is 0 Å². The molecule has 0 fully saturated rings. The van der Waals surface area contributed by atoms with Crippen LogP contribution in [0.25, 0.3) is 11.0 Å². The van der Waals surface area contributed by atoms with E-state index in [-0.39, 0.29) is 6.04 Å². The number of halogens is 1. The highest BCUT2D eigenvalue weighted by Crippen LogP contribution is 2.34. The van der Waals surface area contributed by atoms with Crippen LogP contribution < -0.4 is 5.32 Å². The first-order valence-corrected chi connectivity index (χ1v) is 8.37. The number of benzene rings is 1. The lowest BCUT2D eigenvalue weighted by Gasteiger charge is -2.14. The van der Waals surface area contributed by atoms with Gasteiger partial charge in [-0.25, -0.2) is 0 Å². The van der Waals surface area contributed by atoms with Crippen molar-refractivity contribution in [1.29, 1.82) is 0 Å². The maximum atomic E-state index is 6.04. The fraction of sp³-hybridized carbons (Fsp3) is 0.250. The summed E-state index contributed by atoms with van der Waals surface area (Å²) in [4.78, 5) is 0. The van der Waals surface area contributed by atoms with Gasteiger partial charge in [0.05, 0.1) is 6.04 Å². The molecule has 2 heterocycles. The summed E-state index contributed by atoms with van der Waals surface area (Å²) in [5.74, 6) is 0.964. The molecule has 104 valence electrons. The van der Waals surface area contributed by atoms with Gasteiger partial charge >= 0.3 is 0 Å². The summed E-state index contributed by atoms with van der Waals surface area (Å²) < 4.78 is 7.17. The fourth-order valence-electron chi connectivity index (χ4n) is 2.39. The highest BCUT2D eigenvalue weighted by Gasteiger charge is 2.20. The molecule has 0 aliphatic carbocycles. The van der Waals surface area contributed by atoms with E-state index in [1.807, 2.05) is 6.07 Å². The molecule has 0 amide bonds. The van der Waals surface area contributed by atoms with Crippen molar-refractivity contribution < 1.29 is 4.42 Å². The van der Waals surface area contributed by atoms with Crippen molar-refractivity contribution in [2.75, 3.05) is 6.54 Å². The number of hydrogen-bond acceptors (Lipinski definition) is 3. The van der Waals surface area contributed by atoms with Crippen LogP contribution in [-0.4, -0.2) is 6.54 Å². The molecular weight excluding hydrogens is 334 g/mol. The number of thiophene rings is 1. The molecule has 0 aliphatic heterocycles. The zero-order valence-electron chi connectivity index (χ0n) is 11.4. The van der Waals surface area contributed by atoms with Crippen LogP contribution in [0.4, 0.5) is 0 Å². The Bertz CT molecular complexity index is 731. The van der Waals surface area contributed by atoms with Crippen molar-refractivity contribution in [2.24, 2.45) is 0 Å². The third kappa shape index (κ3) is 2.55. The predicted octanol–water partition coefficient (Wildman–Crippen LogP) is 5.26. The van der Waals surface area contributed by atoms with Crippen molar-refractivity contribution in [3.8, 4) is 0 Å². The Balaban J connectivity index is 2.07. The Hall–Kier alpha value is -1.10. The minimum Gasteiger partial charge on any atom is -0.459 e. The van der Waals surface area contributed by atoms with E-state index in [2.05, 4.69) is 64.1 Å². The van der Waals surface area contributed by atoms with Gasteiger partial charge in [0.15, 0.2) is 0 Å². The topological polar surface area (TPSA) is 25.2 Å². The fourth-order valence-corrected chi connectivity index (χ4v) is 3.94. The van der Waals surface area contributed by atoms with Crippen molar-refractivity contribution in [1.82, 2.24) is 5.32 Å². The Morgan fingerprint density at radius 2 is 2.15 bits per heavy atom. The van der Waals surface area contributed by atoms with Gasteiger partial charge in [0.25, 0.3) is 0 Å². The van der Waals surface area contributed by atoms with Gasteiger partial charge < -0.3 is 9.73 Å². The van der Waals surface area contributed by atoms with E-state index in [0.717, 1.165) is 27.7 Å². The van der Waals surface area contributed by atoms with Crippen molar-refractivity contribution in [3.63, 3.8) is 0 Å². The Morgan fingerprint density at radius 3 is 2.85 bits per heavy atom. The maximum Gasteiger partial charge on any atom is 0.134 e. The molecular formula is C16H16BrNOS. The third-order valence-electron chi connectivity index (χ3n) is 3.34. The lowest BCUT2D eigenvalue weighted by molar-refractivity contribution is 0.477. The predicted molar refractivity (Wildman–Crippen MR) is 88.5 cm³/mol. The molecule has 2 nitrogen and oxygen atoms in total. The minimum absolute atomic E-state index is 0.0910. The van der Waals surface area contributed by atoms with Gasteiger partial charge in [0.1, 0.15) is 11.3 Å². The van der Waals surface area contributed by atoms with Crippen LogP contribution in [0.15, 0.2) is 43.9 Å². The number of aryl methyl sites for hydroxylation is 1. The monoisotopic (exact) mass is 349 g/mol. The third-order valence-corrected chi connectivity index (χ3v) is 5.09. The summed E-state index contributed by atoms with van der Waals surface area (Å²) in [7, 11) is 0. The molecule has 4 heteroatoms. The standard InChI is InChI=1S/C16H16BrNOS/c1-3-18-16(12-8-20-9-13(12)17)15-7-11-6-10(2)4-5-14(11)19-15/h4-9,16,18H,3H2,1-2H3. The molecule has 2 aromatic heterocycles. The molecule has 20 heavy (non-hydrogen) atoms. The number of furan rings is 1. The van der Waals surface area contributed by atoms with Crippen molar-refractivity contribution in [2.45, 2.75) is 19.9 Å². The van der Waals surface area contributed by atoms with E-state index >= 15 is 0 Å². The van der Waals surface area contributed by atoms with Crippen LogP contribution >= 0.6 is 27.3 Å². The van der Waals surface area contributed by atoms with E-state index in [1.54, 1.807) is 11.3 Å². The Kier molecular flexibility index (Phi) is 3.96. The number of rotatable bonds is 4. The highest BCUT2D eigenvalue weighted by molar-refractivity contribution is 9.10. The van der Waals surface area contributed by atoms with Crippen LogP contribution in [0.5, 0.6) is 0 Å². The number of fused-ring (bicyclic) bond motifs is 1. The largest absolute Gasteiger partial charge is 0.459 e. The van der Waals surface area contributed by atoms with Crippen LogP contribution in [0.2, 0.25) is 0 Å². The van der Waals surface area contributed by atoms with E-state index in [0.29, 0.717) is 0 Å². The van der Waals surface area contributed by atoms with Gasteiger partial charge in [-0.3, -0.25) is 0 Å². The summed E-state index contributed by atoms with van der Waals surface area (Å²) in [5.41, 5.74) is 3.43. The van der Waals surface area contributed by atoms with Gasteiger partial charge in [-0.2, -0.15) is 11.3 Å². The lowest BCUT2D eigenvalue weighted by Crippen LogP contribution is -2.21. The average molecular weight is 350 g/mol. The SMILES string of the molecule is CCNC(c1cc2cc(C)ccc2o1)c1cscc1Br. The molecule has 0 aliphatic rings. The molecule has 0 bridgehead atoms. The van der Waals surface area contributed by atoms with Crippen LogP contribution in [0, 0.1) is 6.92 Å². The number of hydrogen-bond donors (Lipinski definition) is 1. The van der Waals surface area contributed by atoms with Crippen molar-refractivity contribution >= 4 is 38.2 Å². The molecule has 1 aromatic carbocycles. The summed E-state index contributed by atoms with van der Waals surface area (Å²) in [5, 5.41) is 8.93. The van der Waals surface area contributed by atoms with Gasteiger partial charge in [0, 0.05) is 20.8 Å². The second-order valence-corrected chi connectivity index (χ2v) is 6.45. The molecule has 0 radical (unpaired) electrons. The lowest BCUT2D eigenvalue weighted by atomic mass is 10.1. The molecule has 3 aromatic rings. The quantitative estimate of drug-likeness (QED) is 0.694. The van der Waals surface area contributed by atoms with Crippen LogP contribution in [0.3, 0.4) is 0 Å². The second-order valence-electron chi connectivity index (χ2n) is 4.86. The molecule has 3 rings (SSSR count). The average Bonchev–Trinajstić information content (AvgIpc) is 3.01. The minimum atomic E-state index is 0.0910. The van der Waals surface area contributed by atoms with E-state index in [1.165, 1.54) is 11.1 Å².